The van der Waals surface area contributed by atoms with Gasteiger partial charge in [-0.15, -0.1) is 0 Å². The van der Waals surface area contributed by atoms with E-state index in [-0.39, 0.29) is 23.9 Å². The van der Waals surface area contributed by atoms with Crippen molar-refractivity contribution in [1.82, 2.24) is 25.0 Å². The lowest BCUT2D eigenvalue weighted by atomic mass is 9.94. The molecule has 0 radical (unpaired) electrons. The Morgan fingerprint density at radius 3 is 2.68 bits per heavy atom. The molecule has 2 N–H and O–H groups in total. The maximum Gasteiger partial charge on any atom is 0.258 e. The van der Waals surface area contributed by atoms with E-state index in [4.69, 9.17) is 0 Å². The number of aromatic nitrogens is 3. The topological polar surface area (TPSA) is 83.0 Å². The minimum Gasteiger partial charge on any atom is -0.354 e. The van der Waals surface area contributed by atoms with Crippen LogP contribution in [0.25, 0.3) is 16.5 Å². The lowest BCUT2D eigenvalue weighted by Gasteiger charge is -2.31. The van der Waals surface area contributed by atoms with Gasteiger partial charge in [0, 0.05) is 47.4 Å². The third-order valence-electron chi connectivity index (χ3n) is 8.12. The normalized spacial score (nSPS) is 16.2. The number of rotatable bonds is 8. The van der Waals surface area contributed by atoms with E-state index in [2.05, 4.69) is 45.5 Å². The maximum absolute atomic E-state index is 13.2. The highest BCUT2D eigenvalue weighted by Gasteiger charge is 2.21. The Bertz CT molecular complexity index is 1640. The number of carbonyl (C=O) groups is 2. The summed E-state index contributed by atoms with van der Waals surface area (Å²) in [4.78, 5) is 31.7. The first-order valence-corrected chi connectivity index (χ1v) is 14.3. The van der Waals surface area contributed by atoms with E-state index < -0.39 is 0 Å². The van der Waals surface area contributed by atoms with Gasteiger partial charge in [0.05, 0.1) is 24.0 Å². The van der Waals surface area contributed by atoms with Crippen LogP contribution in [0.15, 0.2) is 78.8 Å². The lowest BCUT2D eigenvalue weighted by molar-refractivity contribution is -0.113. The number of nitrogens with one attached hydrogen (secondary N) is 2. The molecule has 0 spiro atoms. The summed E-state index contributed by atoms with van der Waals surface area (Å²) in [6.45, 7) is 1.33. The molecule has 6 rings (SSSR count). The monoisotopic (exact) mass is 551 g/mol. The number of benzene rings is 2. The van der Waals surface area contributed by atoms with Gasteiger partial charge >= 0.3 is 0 Å². The number of hydrogen-bond donors (Lipinski definition) is 2. The number of nitrogens with zero attached hydrogens (tertiary/aromatic N) is 3. The van der Waals surface area contributed by atoms with Crippen molar-refractivity contribution >= 4 is 28.2 Å². The number of hydrogen-bond acceptors (Lipinski definition) is 4. The Kier molecular flexibility index (Phi) is 7.65. The van der Waals surface area contributed by atoms with Crippen molar-refractivity contribution in [2.45, 2.75) is 57.7 Å². The predicted molar refractivity (Wildman–Crippen MR) is 158 cm³/mol. The Morgan fingerprint density at radius 1 is 1.10 bits per heavy atom. The predicted octanol–water partition coefficient (Wildman–Crippen LogP) is 5.99. The molecule has 1 fully saturated rings. The summed E-state index contributed by atoms with van der Waals surface area (Å²) in [7, 11) is 2.22. The van der Waals surface area contributed by atoms with Crippen molar-refractivity contribution in [2.24, 2.45) is 0 Å². The number of allylic oxidation sites excluding steroid dienone is 3. The van der Waals surface area contributed by atoms with E-state index in [1.807, 2.05) is 6.07 Å². The molecule has 7 nitrogen and oxygen atoms in total. The van der Waals surface area contributed by atoms with Crippen molar-refractivity contribution < 1.29 is 14.0 Å². The summed E-state index contributed by atoms with van der Waals surface area (Å²) >= 11 is 0. The molecule has 0 unspecified atom stereocenters. The van der Waals surface area contributed by atoms with E-state index in [9.17, 15) is 14.0 Å². The molecule has 2 aromatic heterocycles. The summed E-state index contributed by atoms with van der Waals surface area (Å²) in [5, 5.41) is 8.24. The van der Waals surface area contributed by atoms with E-state index in [1.165, 1.54) is 56.0 Å². The maximum atomic E-state index is 13.2. The van der Waals surface area contributed by atoms with Crippen molar-refractivity contribution in [1.29, 1.82) is 0 Å². The van der Waals surface area contributed by atoms with Crippen LogP contribution in [0.2, 0.25) is 0 Å². The van der Waals surface area contributed by atoms with Crippen LogP contribution >= 0.6 is 0 Å². The number of amides is 1. The van der Waals surface area contributed by atoms with Gasteiger partial charge in [0.25, 0.3) is 5.91 Å². The second-order valence-electron chi connectivity index (χ2n) is 11.2. The molecule has 8 heteroatoms. The van der Waals surface area contributed by atoms with Gasteiger partial charge in [-0.2, -0.15) is 5.10 Å². The first kappa shape index (κ1) is 26.9. The molecule has 0 bridgehead atoms. The summed E-state index contributed by atoms with van der Waals surface area (Å²) in [5.41, 5.74) is 5.38. The third kappa shape index (κ3) is 6.23. The molecule has 1 saturated carbocycles. The van der Waals surface area contributed by atoms with Gasteiger partial charge in [-0.1, -0.05) is 43.5 Å². The van der Waals surface area contributed by atoms with E-state index >= 15 is 0 Å². The fourth-order valence-corrected chi connectivity index (χ4v) is 5.83. The molecule has 0 aliphatic heterocycles. The first-order valence-electron chi connectivity index (χ1n) is 14.3. The fourth-order valence-electron chi connectivity index (χ4n) is 5.83. The highest BCUT2D eigenvalue weighted by atomic mass is 19.1. The minimum atomic E-state index is -0.310. The number of fused-ring (bicyclic) bond motifs is 1. The van der Waals surface area contributed by atoms with Gasteiger partial charge in [0.15, 0.2) is 5.78 Å². The second kappa shape index (κ2) is 11.7. The lowest BCUT2D eigenvalue weighted by Crippen LogP contribution is -2.32. The van der Waals surface area contributed by atoms with Gasteiger partial charge in [-0.3, -0.25) is 19.2 Å². The zero-order valence-electron chi connectivity index (χ0n) is 23.2. The van der Waals surface area contributed by atoms with Gasteiger partial charge in [-0.05, 0) is 67.4 Å². The molecular formula is C33H34FN5O2. The number of ketones is 1. The van der Waals surface area contributed by atoms with Crippen molar-refractivity contribution in [3.63, 3.8) is 0 Å². The van der Waals surface area contributed by atoms with Crippen LogP contribution in [0.1, 0.15) is 65.7 Å². The summed E-state index contributed by atoms with van der Waals surface area (Å²) in [6.07, 6.45) is 13.3. The van der Waals surface area contributed by atoms with Crippen LogP contribution in [0.5, 0.6) is 0 Å². The molecule has 4 aromatic rings. The Balaban J connectivity index is 1.13. The number of H-pyrrole nitrogens is 1. The summed E-state index contributed by atoms with van der Waals surface area (Å²) in [5.74, 6) is -0.607. The van der Waals surface area contributed by atoms with Crippen LogP contribution in [-0.4, -0.2) is 44.4 Å². The Labute approximate surface area is 238 Å². The Morgan fingerprint density at radius 2 is 1.88 bits per heavy atom. The van der Waals surface area contributed by atoms with Gasteiger partial charge in [0.2, 0.25) is 0 Å². The van der Waals surface area contributed by atoms with E-state index in [0.717, 1.165) is 28.7 Å². The zero-order valence-corrected chi connectivity index (χ0v) is 23.2. The average Bonchev–Trinajstić information content (AvgIpc) is 3.63. The molecule has 41 heavy (non-hydrogen) atoms. The minimum absolute atomic E-state index is 0.000993. The molecular weight excluding hydrogens is 517 g/mol. The van der Waals surface area contributed by atoms with E-state index in [0.29, 0.717) is 29.4 Å². The highest BCUT2D eigenvalue weighted by Crippen LogP contribution is 2.28. The first-order chi connectivity index (χ1) is 19.9. The van der Waals surface area contributed by atoms with Crippen LogP contribution < -0.4 is 5.32 Å². The molecule has 2 aliphatic rings. The van der Waals surface area contributed by atoms with Gasteiger partial charge in [0.1, 0.15) is 5.82 Å². The molecule has 2 heterocycles. The van der Waals surface area contributed by atoms with Crippen molar-refractivity contribution in [3.8, 4) is 0 Å². The van der Waals surface area contributed by atoms with E-state index in [1.54, 1.807) is 35.2 Å². The molecule has 2 aromatic carbocycles. The molecule has 0 saturated heterocycles. The molecule has 1 amide bonds. The number of Topliss-reactive ketones (excluding diaryl/α,β-unsaturated/α-hetero) is 1. The standard InChI is InChI=1S/C33H34FN5O2/c1-38(28-5-3-2-4-6-28)19-23-9-13-30-24(15-23)16-31(37-30)29-17-27(12-14-32(29)40)36-33(41)25-18-35-39(21-25)20-22-7-10-26(34)11-8-22/h7-13,15-18,21,28,37H,2-6,14,19-20H2,1H3,(H,36,41). The van der Waals surface area contributed by atoms with Crippen molar-refractivity contribution in [3.05, 3.63) is 107 Å². The quantitative estimate of drug-likeness (QED) is 0.282. The zero-order chi connectivity index (χ0) is 28.3. The molecule has 0 atom stereocenters. The molecule has 210 valence electrons. The largest absolute Gasteiger partial charge is 0.354 e. The smallest absolute Gasteiger partial charge is 0.258 e. The van der Waals surface area contributed by atoms with Crippen LogP contribution in [-0.2, 0) is 17.9 Å². The highest BCUT2D eigenvalue weighted by molar-refractivity contribution is 6.23. The van der Waals surface area contributed by atoms with Gasteiger partial charge < -0.3 is 10.3 Å². The SMILES string of the molecule is CN(Cc1ccc2[nH]c(C3=CC(NC(=O)c4cnn(Cc5ccc(F)cc5)c4)=CCC3=O)cc2c1)C1CCCCC1. The Hall–Kier alpha value is -4.30. The third-order valence-corrected chi connectivity index (χ3v) is 8.12. The van der Waals surface area contributed by atoms with Crippen LogP contribution in [0, 0.1) is 5.82 Å². The fraction of sp³-hybridized carbons (Fsp3) is 0.303. The summed E-state index contributed by atoms with van der Waals surface area (Å²) < 4.78 is 14.8. The van der Waals surface area contributed by atoms with Crippen LogP contribution in [0.3, 0.4) is 0 Å². The number of halogens is 1. The summed E-state index contributed by atoms with van der Waals surface area (Å²) in [6, 6.07) is 15.3. The number of carbonyl (C=O) groups excluding carboxylic acids is 2. The van der Waals surface area contributed by atoms with Gasteiger partial charge in [-0.25, -0.2) is 4.39 Å². The van der Waals surface area contributed by atoms with Crippen LogP contribution in [0.4, 0.5) is 4.39 Å². The second-order valence-corrected chi connectivity index (χ2v) is 11.2. The van der Waals surface area contributed by atoms with Crippen molar-refractivity contribution in [2.75, 3.05) is 7.05 Å². The molecule has 2 aliphatic carbocycles. The average molecular weight is 552 g/mol. The number of aromatic amines is 1.